The number of anilines is 1. The number of nitrogens with zero attached hydrogens (tertiary/aromatic N) is 2. The van der Waals surface area contributed by atoms with Crippen LogP contribution in [-0.4, -0.2) is 32.6 Å². The predicted molar refractivity (Wildman–Crippen MR) is 125 cm³/mol. The topological polar surface area (TPSA) is 120 Å². The van der Waals surface area contributed by atoms with Crippen LogP contribution in [0.5, 0.6) is 5.75 Å². The Bertz CT molecular complexity index is 1500. The number of hydrogen-bond acceptors (Lipinski definition) is 8. The van der Waals surface area contributed by atoms with Crippen LogP contribution in [0, 0.1) is 5.82 Å². The van der Waals surface area contributed by atoms with Gasteiger partial charge in [-0.15, -0.1) is 0 Å². The minimum atomic E-state index is -1.94. The average Bonchev–Trinajstić information content (AvgIpc) is 3.16. The zero-order chi connectivity index (χ0) is 25.2. The molecule has 2 aliphatic rings. The van der Waals surface area contributed by atoms with Gasteiger partial charge in [-0.1, -0.05) is 6.92 Å². The van der Waals surface area contributed by atoms with Crippen molar-refractivity contribution < 1.29 is 28.6 Å². The fraction of sp³-hybridized carbons (Fsp3) is 0.360. The summed E-state index contributed by atoms with van der Waals surface area (Å²) in [6.07, 6.45) is 0.0318. The molecule has 4 heterocycles. The molecule has 0 saturated carbocycles. The maximum Gasteiger partial charge on any atom is 0.343 e. The van der Waals surface area contributed by atoms with Crippen LogP contribution in [0.4, 0.5) is 10.1 Å². The summed E-state index contributed by atoms with van der Waals surface area (Å²) in [6, 6.07) is 4.19. The van der Waals surface area contributed by atoms with Crippen molar-refractivity contribution in [3.63, 3.8) is 0 Å². The van der Waals surface area contributed by atoms with E-state index in [0.717, 1.165) is 0 Å². The standard InChI is InChI=1S/C25H24FN3O6/c1-5-25(33)16-7-19-22-14(9-29(19)23(31)15(16)10-34-24(25)32)21(27-11(2)3)13-6-20(35-12(4)30)17(26)8-18(13)28-22/h6-8,11,33H,5,9-10H2,1-4H3,(H,27,28)/t25-/m0/s1. The summed E-state index contributed by atoms with van der Waals surface area (Å²) in [5.74, 6) is -2.42. The smallest absolute Gasteiger partial charge is 0.343 e. The molecule has 0 fully saturated rings. The summed E-state index contributed by atoms with van der Waals surface area (Å²) in [7, 11) is 0. The lowest BCUT2D eigenvalue weighted by atomic mass is 9.86. The number of benzene rings is 1. The van der Waals surface area contributed by atoms with Gasteiger partial charge in [-0.05, 0) is 32.4 Å². The Morgan fingerprint density at radius 3 is 2.71 bits per heavy atom. The van der Waals surface area contributed by atoms with Crippen molar-refractivity contribution in [3.8, 4) is 17.1 Å². The first-order valence-corrected chi connectivity index (χ1v) is 11.3. The monoisotopic (exact) mass is 481 g/mol. The fourth-order valence-corrected chi connectivity index (χ4v) is 4.77. The summed E-state index contributed by atoms with van der Waals surface area (Å²) in [4.78, 5) is 41.9. The van der Waals surface area contributed by atoms with Gasteiger partial charge in [0.25, 0.3) is 5.56 Å². The van der Waals surface area contributed by atoms with E-state index in [1.54, 1.807) is 13.0 Å². The number of aliphatic hydroxyl groups is 1. The molecule has 0 bridgehead atoms. The molecule has 9 nitrogen and oxygen atoms in total. The summed E-state index contributed by atoms with van der Waals surface area (Å²) < 4.78 is 26.4. The number of carbonyl (C=O) groups is 2. The highest BCUT2D eigenvalue weighted by Crippen LogP contribution is 2.43. The highest BCUT2D eigenvalue weighted by atomic mass is 19.1. The Balaban J connectivity index is 1.80. The zero-order valence-corrected chi connectivity index (χ0v) is 19.7. The van der Waals surface area contributed by atoms with E-state index in [-0.39, 0.29) is 48.0 Å². The van der Waals surface area contributed by atoms with Crippen molar-refractivity contribution in [3.05, 3.63) is 51.1 Å². The highest BCUT2D eigenvalue weighted by molar-refractivity contribution is 5.98. The number of esters is 2. The van der Waals surface area contributed by atoms with Crippen LogP contribution < -0.4 is 15.6 Å². The van der Waals surface area contributed by atoms with Gasteiger partial charge >= 0.3 is 11.9 Å². The number of cyclic esters (lactones) is 1. The van der Waals surface area contributed by atoms with E-state index in [2.05, 4.69) is 10.3 Å². The van der Waals surface area contributed by atoms with Crippen LogP contribution in [0.2, 0.25) is 0 Å². The van der Waals surface area contributed by atoms with Gasteiger partial charge in [-0.2, -0.15) is 0 Å². The predicted octanol–water partition coefficient (Wildman–Crippen LogP) is 2.96. The number of rotatable bonds is 4. The van der Waals surface area contributed by atoms with Gasteiger partial charge in [0.1, 0.15) is 6.61 Å². The third-order valence-electron chi connectivity index (χ3n) is 6.43. The quantitative estimate of drug-likeness (QED) is 0.337. The average molecular weight is 481 g/mol. The maximum atomic E-state index is 14.7. The number of halogens is 1. The summed E-state index contributed by atoms with van der Waals surface area (Å²) in [5.41, 5.74) is 0.581. The molecule has 182 valence electrons. The SMILES string of the molecule is CC[C@@]1(O)C(=O)OCc2c1cc1n(c2=O)Cc2c-1nc1cc(F)c(OC(C)=O)cc1c2NC(C)C. The first-order chi connectivity index (χ1) is 16.5. The van der Waals surface area contributed by atoms with Gasteiger partial charge in [-0.25, -0.2) is 14.2 Å². The molecular formula is C25H24FN3O6. The molecule has 0 radical (unpaired) electrons. The van der Waals surface area contributed by atoms with E-state index < -0.39 is 23.4 Å². The van der Waals surface area contributed by atoms with Gasteiger partial charge in [0, 0.05) is 35.5 Å². The molecule has 1 aromatic carbocycles. The van der Waals surface area contributed by atoms with E-state index in [1.807, 2.05) is 13.8 Å². The summed E-state index contributed by atoms with van der Waals surface area (Å²) in [5, 5.41) is 14.9. The second-order valence-electron chi connectivity index (χ2n) is 9.11. The van der Waals surface area contributed by atoms with Crippen LogP contribution in [0.15, 0.2) is 23.0 Å². The van der Waals surface area contributed by atoms with E-state index >= 15 is 0 Å². The fourth-order valence-electron chi connectivity index (χ4n) is 4.77. The minimum Gasteiger partial charge on any atom is -0.458 e. The van der Waals surface area contributed by atoms with Crippen LogP contribution in [0.25, 0.3) is 22.3 Å². The number of nitrogens with one attached hydrogen (secondary N) is 1. The maximum absolute atomic E-state index is 14.7. The number of ether oxygens (including phenoxy) is 2. The molecule has 5 rings (SSSR count). The third-order valence-corrected chi connectivity index (χ3v) is 6.43. The zero-order valence-electron chi connectivity index (χ0n) is 19.7. The first kappa shape index (κ1) is 23.0. The van der Waals surface area contributed by atoms with E-state index in [0.29, 0.717) is 33.5 Å². The molecule has 2 aromatic heterocycles. The number of fused-ring (bicyclic) bond motifs is 5. The molecule has 35 heavy (non-hydrogen) atoms. The highest BCUT2D eigenvalue weighted by Gasteiger charge is 2.45. The molecular weight excluding hydrogens is 457 g/mol. The summed E-state index contributed by atoms with van der Waals surface area (Å²) >= 11 is 0. The Labute approximate surface area is 199 Å². The van der Waals surface area contributed by atoms with Crippen LogP contribution in [0.3, 0.4) is 0 Å². The molecule has 2 N–H and O–H groups in total. The van der Waals surface area contributed by atoms with Crippen molar-refractivity contribution in [1.29, 1.82) is 0 Å². The van der Waals surface area contributed by atoms with Crippen molar-refractivity contribution in [2.24, 2.45) is 0 Å². The van der Waals surface area contributed by atoms with Gasteiger partial charge in [0.05, 0.1) is 34.7 Å². The molecule has 0 amide bonds. The first-order valence-electron chi connectivity index (χ1n) is 11.3. The normalized spacial score (nSPS) is 18.2. The Kier molecular flexibility index (Phi) is 5.17. The minimum absolute atomic E-state index is 0.0169. The molecule has 3 aromatic rings. The van der Waals surface area contributed by atoms with E-state index in [1.165, 1.54) is 23.6 Å². The summed E-state index contributed by atoms with van der Waals surface area (Å²) in [6.45, 7) is 6.64. The van der Waals surface area contributed by atoms with Crippen LogP contribution in [-0.2, 0) is 33.1 Å². The van der Waals surface area contributed by atoms with Crippen molar-refractivity contribution in [2.75, 3.05) is 5.32 Å². The molecule has 0 saturated heterocycles. The van der Waals surface area contributed by atoms with Crippen LogP contribution >= 0.6 is 0 Å². The van der Waals surface area contributed by atoms with Gasteiger partial charge in [0.2, 0.25) is 0 Å². The number of pyridine rings is 2. The lowest BCUT2D eigenvalue weighted by Crippen LogP contribution is -2.44. The Hall–Kier alpha value is -3.79. The number of carbonyl (C=O) groups excluding carboxylic acids is 2. The molecule has 0 aliphatic carbocycles. The lowest BCUT2D eigenvalue weighted by molar-refractivity contribution is -0.172. The van der Waals surface area contributed by atoms with Crippen LogP contribution in [0.1, 0.15) is 50.8 Å². The Morgan fingerprint density at radius 2 is 2.06 bits per heavy atom. The van der Waals surface area contributed by atoms with E-state index in [4.69, 9.17) is 9.47 Å². The molecule has 0 spiro atoms. The second kappa shape index (κ2) is 7.88. The lowest BCUT2D eigenvalue weighted by Gasteiger charge is -2.31. The Morgan fingerprint density at radius 1 is 1.31 bits per heavy atom. The largest absolute Gasteiger partial charge is 0.458 e. The third kappa shape index (κ3) is 3.39. The number of aromatic nitrogens is 2. The van der Waals surface area contributed by atoms with Gasteiger partial charge in [-0.3, -0.25) is 9.59 Å². The van der Waals surface area contributed by atoms with Crippen molar-refractivity contribution in [1.82, 2.24) is 9.55 Å². The molecule has 10 heteroatoms. The molecule has 1 atom stereocenters. The molecule has 2 aliphatic heterocycles. The van der Waals surface area contributed by atoms with Gasteiger partial charge < -0.3 is 24.5 Å². The van der Waals surface area contributed by atoms with Crippen molar-refractivity contribution >= 4 is 28.5 Å². The molecule has 0 unspecified atom stereocenters. The number of hydrogen-bond donors (Lipinski definition) is 2. The van der Waals surface area contributed by atoms with Crippen molar-refractivity contribution in [2.45, 2.75) is 58.9 Å². The second-order valence-corrected chi connectivity index (χ2v) is 9.11. The van der Waals surface area contributed by atoms with Gasteiger partial charge in [0.15, 0.2) is 17.2 Å². The van der Waals surface area contributed by atoms with E-state index in [9.17, 15) is 23.9 Å².